The van der Waals surface area contributed by atoms with Crippen molar-refractivity contribution in [3.63, 3.8) is 0 Å². The molecule has 15 heavy (non-hydrogen) atoms. The number of carbonyl (C=O) groups is 1. The molecule has 1 N–H and O–H groups in total. The summed E-state index contributed by atoms with van der Waals surface area (Å²) in [6, 6.07) is 0. The molecule has 0 aliphatic rings. The average molecular weight is 239 g/mol. The molecule has 0 saturated carbocycles. The highest BCUT2D eigenvalue weighted by atomic mass is 32.2. The standard InChI is InChI=1S/C8H17NO5S/c1-7(8(10)11)6-9(2)15(12,13)5-4-14-3/h7H,4-6H2,1-3H3,(H,10,11). The molecular weight excluding hydrogens is 222 g/mol. The van der Waals surface area contributed by atoms with Crippen molar-refractivity contribution in [3.05, 3.63) is 0 Å². The Morgan fingerprint density at radius 2 is 2.07 bits per heavy atom. The second-order valence-electron chi connectivity index (χ2n) is 3.33. The van der Waals surface area contributed by atoms with Gasteiger partial charge in [0.05, 0.1) is 18.3 Å². The fourth-order valence-electron chi connectivity index (χ4n) is 0.922. The molecule has 0 rings (SSSR count). The van der Waals surface area contributed by atoms with E-state index in [4.69, 9.17) is 5.11 Å². The first-order valence-electron chi connectivity index (χ1n) is 4.47. The number of carboxylic acids is 1. The third-order valence-corrected chi connectivity index (χ3v) is 3.75. The van der Waals surface area contributed by atoms with Gasteiger partial charge in [0.15, 0.2) is 0 Å². The molecule has 0 bridgehead atoms. The van der Waals surface area contributed by atoms with E-state index in [9.17, 15) is 13.2 Å². The van der Waals surface area contributed by atoms with Crippen LogP contribution in [0.15, 0.2) is 0 Å². The number of ether oxygens (including phenoxy) is 1. The maximum absolute atomic E-state index is 11.5. The van der Waals surface area contributed by atoms with Crippen molar-refractivity contribution in [1.82, 2.24) is 4.31 Å². The fourth-order valence-corrected chi connectivity index (χ4v) is 2.06. The Bertz CT molecular complexity index is 300. The van der Waals surface area contributed by atoms with E-state index in [2.05, 4.69) is 4.74 Å². The first kappa shape index (κ1) is 14.3. The summed E-state index contributed by atoms with van der Waals surface area (Å²) >= 11 is 0. The van der Waals surface area contributed by atoms with Gasteiger partial charge in [-0.1, -0.05) is 6.92 Å². The van der Waals surface area contributed by atoms with E-state index < -0.39 is 21.9 Å². The summed E-state index contributed by atoms with van der Waals surface area (Å²) in [5, 5.41) is 8.63. The lowest BCUT2D eigenvalue weighted by molar-refractivity contribution is -0.141. The van der Waals surface area contributed by atoms with Crippen LogP contribution in [0.5, 0.6) is 0 Å². The van der Waals surface area contributed by atoms with Gasteiger partial charge in [-0.3, -0.25) is 4.79 Å². The van der Waals surface area contributed by atoms with Gasteiger partial charge in [-0.2, -0.15) is 0 Å². The van der Waals surface area contributed by atoms with E-state index >= 15 is 0 Å². The minimum atomic E-state index is -3.41. The number of aliphatic carboxylic acids is 1. The number of hydrogen-bond donors (Lipinski definition) is 1. The Morgan fingerprint density at radius 3 is 2.47 bits per heavy atom. The molecule has 0 aromatic carbocycles. The molecule has 7 heteroatoms. The van der Waals surface area contributed by atoms with Crippen LogP contribution in [0.4, 0.5) is 0 Å². The molecule has 6 nitrogen and oxygen atoms in total. The van der Waals surface area contributed by atoms with Gasteiger partial charge < -0.3 is 9.84 Å². The first-order chi connectivity index (χ1) is 6.81. The quantitative estimate of drug-likeness (QED) is 0.654. The number of sulfonamides is 1. The zero-order valence-corrected chi connectivity index (χ0v) is 9.95. The Kier molecular flexibility index (Phi) is 5.77. The molecule has 0 fully saturated rings. The lowest BCUT2D eigenvalue weighted by atomic mass is 10.2. The highest BCUT2D eigenvalue weighted by Gasteiger charge is 2.22. The minimum absolute atomic E-state index is 0.0264. The summed E-state index contributed by atoms with van der Waals surface area (Å²) in [5.41, 5.74) is 0. The van der Waals surface area contributed by atoms with E-state index in [-0.39, 0.29) is 18.9 Å². The van der Waals surface area contributed by atoms with Crippen LogP contribution in [0.25, 0.3) is 0 Å². The Balaban J connectivity index is 4.31. The van der Waals surface area contributed by atoms with Crippen LogP contribution in [0, 0.1) is 5.92 Å². The van der Waals surface area contributed by atoms with Gasteiger partial charge >= 0.3 is 5.97 Å². The zero-order valence-electron chi connectivity index (χ0n) is 9.13. The van der Waals surface area contributed by atoms with Crippen molar-refractivity contribution in [1.29, 1.82) is 0 Å². The first-order valence-corrected chi connectivity index (χ1v) is 6.08. The molecular formula is C8H17NO5S. The van der Waals surface area contributed by atoms with Gasteiger partial charge in [0.2, 0.25) is 10.0 Å². The maximum Gasteiger partial charge on any atom is 0.307 e. The molecule has 0 spiro atoms. The monoisotopic (exact) mass is 239 g/mol. The second kappa shape index (κ2) is 6.04. The zero-order chi connectivity index (χ0) is 12.1. The highest BCUT2D eigenvalue weighted by molar-refractivity contribution is 7.89. The van der Waals surface area contributed by atoms with E-state index in [1.165, 1.54) is 21.1 Å². The van der Waals surface area contributed by atoms with Crippen LogP contribution in [0.3, 0.4) is 0 Å². The number of carboxylic acid groups (broad SMARTS) is 1. The number of methoxy groups -OCH3 is 1. The largest absolute Gasteiger partial charge is 0.481 e. The Morgan fingerprint density at radius 1 is 1.53 bits per heavy atom. The summed E-state index contributed by atoms with van der Waals surface area (Å²) in [7, 11) is -0.628. The lowest BCUT2D eigenvalue weighted by Gasteiger charge is -2.18. The highest BCUT2D eigenvalue weighted by Crippen LogP contribution is 2.04. The predicted octanol–water partition coefficient (Wildman–Crippen LogP) is -0.385. The van der Waals surface area contributed by atoms with Crippen LogP contribution in [-0.4, -0.2) is 56.9 Å². The van der Waals surface area contributed by atoms with E-state index in [0.29, 0.717) is 0 Å². The van der Waals surface area contributed by atoms with Crippen molar-refractivity contribution in [3.8, 4) is 0 Å². The number of rotatable bonds is 7. The third-order valence-electron chi connectivity index (χ3n) is 1.97. The lowest BCUT2D eigenvalue weighted by Crippen LogP contribution is -2.36. The van der Waals surface area contributed by atoms with Crippen molar-refractivity contribution in [2.24, 2.45) is 5.92 Å². The molecule has 0 aliphatic heterocycles. The van der Waals surface area contributed by atoms with Crippen molar-refractivity contribution in [2.45, 2.75) is 6.92 Å². The van der Waals surface area contributed by atoms with Crippen LogP contribution >= 0.6 is 0 Å². The number of hydrogen-bond acceptors (Lipinski definition) is 4. The molecule has 0 radical (unpaired) electrons. The molecule has 0 heterocycles. The van der Waals surface area contributed by atoms with Gasteiger partial charge in [-0.15, -0.1) is 0 Å². The van der Waals surface area contributed by atoms with Crippen LogP contribution in [0.2, 0.25) is 0 Å². The van der Waals surface area contributed by atoms with Gasteiger partial charge in [0.1, 0.15) is 0 Å². The SMILES string of the molecule is COCCS(=O)(=O)N(C)CC(C)C(=O)O. The summed E-state index contributed by atoms with van der Waals surface area (Å²) in [6.07, 6.45) is 0. The molecule has 90 valence electrons. The summed E-state index contributed by atoms with van der Waals surface area (Å²) in [5.74, 6) is -1.86. The van der Waals surface area contributed by atoms with Gasteiger partial charge in [-0.05, 0) is 0 Å². The Hall–Kier alpha value is -0.660. The predicted molar refractivity (Wildman–Crippen MR) is 55.1 cm³/mol. The molecule has 0 aromatic rings. The van der Waals surface area contributed by atoms with E-state index in [0.717, 1.165) is 4.31 Å². The topological polar surface area (TPSA) is 83.9 Å². The average Bonchev–Trinajstić information content (AvgIpc) is 2.14. The second-order valence-corrected chi connectivity index (χ2v) is 5.52. The molecule has 1 atom stereocenters. The maximum atomic E-state index is 11.5. The molecule has 0 aliphatic carbocycles. The van der Waals surface area contributed by atoms with Crippen LogP contribution < -0.4 is 0 Å². The van der Waals surface area contributed by atoms with Crippen molar-refractivity contribution >= 4 is 16.0 Å². The van der Waals surface area contributed by atoms with Crippen molar-refractivity contribution in [2.75, 3.05) is 33.1 Å². The summed E-state index contributed by atoms with van der Waals surface area (Å²) in [4.78, 5) is 10.5. The minimum Gasteiger partial charge on any atom is -0.481 e. The van der Waals surface area contributed by atoms with Crippen LogP contribution in [-0.2, 0) is 19.6 Å². The molecule has 0 aromatic heterocycles. The molecule has 0 saturated heterocycles. The van der Waals surface area contributed by atoms with Crippen molar-refractivity contribution < 1.29 is 23.1 Å². The van der Waals surface area contributed by atoms with Crippen LogP contribution in [0.1, 0.15) is 6.92 Å². The third kappa shape index (κ3) is 5.10. The molecule has 1 unspecified atom stereocenters. The summed E-state index contributed by atoms with van der Waals surface area (Å²) < 4.78 is 28.7. The van der Waals surface area contributed by atoms with Gasteiger partial charge in [0, 0.05) is 20.7 Å². The summed E-state index contributed by atoms with van der Waals surface area (Å²) in [6.45, 7) is 1.54. The normalized spacial score (nSPS) is 14.1. The smallest absolute Gasteiger partial charge is 0.307 e. The molecule has 0 amide bonds. The Labute approximate surface area is 89.9 Å². The van der Waals surface area contributed by atoms with Gasteiger partial charge in [0.25, 0.3) is 0 Å². The fraction of sp³-hybridized carbons (Fsp3) is 0.875. The van der Waals surface area contributed by atoms with E-state index in [1.54, 1.807) is 0 Å². The van der Waals surface area contributed by atoms with Gasteiger partial charge in [-0.25, -0.2) is 12.7 Å². The number of nitrogens with zero attached hydrogens (tertiary/aromatic N) is 1. The van der Waals surface area contributed by atoms with E-state index in [1.807, 2.05) is 0 Å².